The van der Waals surface area contributed by atoms with Gasteiger partial charge in [0.25, 0.3) is 0 Å². The van der Waals surface area contributed by atoms with Gasteiger partial charge in [-0.05, 0) is 24.1 Å². The van der Waals surface area contributed by atoms with Crippen LogP contribution in [0.1, 0.15) is 35.2 Å². The molecule has 2 aromatic rings. The number of methoxy groups -OCH3 is 1. The maximum Gasteiger partial charge on any atom is 0.174 e. The molecule has 0 bridgehead atoms. The van der Waals surface area contributed by atoms with Gasteiger partial charge in [0.15, 0.2) is 5.78 Å². The number of ether oxygens (including phenoxy) is 1. The van der Waals surface area contributed by atoms with Crippen molar-refractivity contribution in [3.8, 4) is 5.75 Å². The topological polar surface area (TPSA) is 26.3 Å². The van der Waals surface area contributed by atoms with Crippen molar-refractivity contribution < 1.29 is 13.9 Å². The van der Waals surface area contributed by atoms with Crippen LogP contribution in [0.2, 0.25) is 0 Å². The first kappa shape index (κ1) is 14.3. The molecule has 0 fully saturated rings. The second kappa shape index (κ2) is 6.33. The number of Topliss-reactive ketones (excluding diaryl/α,β-unsaturated/α-hetero) is 1. The van der Waals surface area contributed by atoms with Gasteiger partial charge in [-0.3, -0.25) is 4.79 Å². The molecule has 2 aromatic carbocycles. The molecular weight excluding hydrogens is 255 g/mol. The Balaban J connectivity index is 2.39. The van der Waals surface area contributed by atoms with Crippen molar-refractivity contribution in [1.29, 1.82) is 0 Å². The second-order valence-electron chi connectivity index (χ2n) is 4.58. The zero-order valence-corrected chi connectivity index (χ0v) is 11.6. The van der Waals surface area contributed by atoms with Crippen molar-refractivity contribution >= 4 is 5.78 Å². The van der Waals surface area contributed by atoms with Gasteiger partial charge in [0.1, 0.15) is 11.6 Å². The normalized spacial score (nSPS) is 11.9. The summed E-state index contributed by atoms with van der Waals surface area (Å²) in [5.74, 6) is -0.415. The van der Waals surface area contributed by atoms with E-state index < -0.39 is 5.82 Å². The molecule has 0 aliphatic carbocycles. The number of benzene rings is 2. The first-order valence-electron chi connectivity index (χ1n) is 6.60. The van der Waals surface area contributed by atoms with Crippen LogP contribution in [0.25, 0.3) is 0 Å². The standard InChI is InChI=1S/C17H17FO2/c1-3-14(12-7-5-4-6-8-12)17(19)15-10-9-13(18)11-16(15)20-2/h4-11,14H,3H2,1-2H3. The highest BCUT2D eigenvalue weighted by Crippen LogP contribution is 2.29. The average Bonchev–Trinajstić information content (AvgIpc) is 2.48. The summed E-state index contributed by atoms with van der Waals surface area (Å²) >= 11 is 0. The van der Waals surface area contributed by atoms with E-state index in [0.717, 1.165) is 5.56 Å². The summed E-state index contributed by atoms with van der Waals surface area (Å²) in [5, 5.41) is 0. The molecule has 104 valence electrons. The zero-order valence-electron chi connectivity index (χ0n) is 11.6. The van der Waals surface area contributed by atoms with E-state index in [-0.39, 0.29) is 17.5 Å². The van der Waals surface area contributed by atoms with Gasteiger partial charge in [-0.2, -0.15) is 0 Å². The smallest absolute Gasteiger partial charge is 0.174 e. The number of rotatable bonds is 5. The Bertz CT molecular complexity index is 593. The quantitative estimate of drug-likeness (QED) is 0.762. The molecule has 0 spiro atoms. The van der Waals surface area contributed by atoms with Crippen molar-refractivity contribution in [2.45, 2.75) is 19.3 Å². The van der Waals surface area contributed by atoms with E-state index in [0.29, 0.717) is 12.0 Å². The minimum Gasteiger partial charge on any atom is -0.496 e. The molecule has 1 atom stereocenters. The van der Waals surface area contributed by atoms with Gasteiger partial charge in [-0.25, -0.2) is 4.39 Å². The molecule has 0 heterocycles. The Morgan fingerprint density at radius 2 is 1.90 bits per heavy atom. The van der Waals surface area contributed by atoms with Crippen LogP contribution in [0, 0.1) is 5.82 Å². The Kier molecular flexibility index (Phi) is 4.51. The van der Waals surface area contributed by atoms with Crippen LogP contribution in [0.15, 0.2) is 48.5 Å². The zero-order chi connectivity index (χ0) is 14.5. The fourth-order valence-corrected chi connectivity index (χ4v) is 2.31. The Morgan fingerprint density at radius 3 is 2.50 bits per heavy atom. The lowest BCUT2D eigenvalue weighted by atomic mass is 9.88. The fourth-order valence-electron chi connectivity index (χ4n) is 2.31. The molecule has 0 radical (unpaired) electrons. The van der Waals surface area contributed by atoms with Crippen LogP contribution in [0.5, 0.6) is 5.75 Å². The average molecular weight is 272 g/mol. The van der Waals surface area contributed by atoms with Crippen molar-refractivity contribution in [2.75, 3.05) is 7.11 Å². The molecule has 0 amide bonds. The number of hydrogen-bond donors (Lipinski definition) is 0. The van der Waals surface area contributed by atoms with Crippen molar-refractivity contribution in [3.05, 3.63) is 65.5 Å². The molecule has 0 aromatic heterocycles. The summed E-state index contributed by atoms with van der Waals surface area (Å²) in [5.41, 5.74) is 1.39. The maximum absolute atomic E-state index is 13.2. The third-order valence-corrected chi connectivity index (χ3v) is 3.36. The summed E-state index contributed by atoms with van der Waals surface area (Å²) < 4.78 is 18.3. The SMILES string of the molecule is CCC(C(=O)c1ccc(F)cc1OC)c1ccccc1. The van der Waals surface area contributed by atoms with Crippen LogP contribution >= 0.6 is 0 Å². The molecule has 0 N–H and O–H groups in total. The summed E-state index contributed by atoms with van der Waals surface area (Å²) in [6.07, 6.45) is 0.684. The predicted octanol–water partition coefficient (Wildman–Crippen LogP) is 4.21. The van der Waals surface area contributed by atoms with E-state index in [1.807, 2.05) is 37.3 Å². The molecule has 2 nitrogen and oxygen atoms in total. The Hall–Kier alpha value is -2.16. The summed E-state index contributed by atoms with van der Waals surface area (Å²) in [4.78, 5) is 12.7. The monoisotopic (exact) mass is 272 g/mol. The van der Waals surface area contributed by atoms with Crippen molar-refractivity contribution in [2.24, 2.45) is 0 Å². The van der Waals surface area contributed by atoms with Gasteiger partial charge in [-0.15, -0.1) is 0 Å². The summed E-state index contributed by atoms with van der Waals surface area (Å²) in [6.45, 7) is 1.96. The van der Waals surface area contributed by atoms with Crippen molar-refractivity contribution in [1.82, 2.24) is 0 Å². The van der Waals surface area contributed by atoms with E-state index in [4.69, 9.17) is 4.74 Å². The molecule has 3 heteroatoms. The highest BCUT2D eigenvalue weighted by molar-refractivity contribution is 6.03. The van der Waals surface area contributed by atoms with Gasteiger partial charge in [-0.1, -0.05) is 37.3 Å². The van der Waals surface area contributed by atoms with Gasteiger partial charge in [0.05, 0.1) is 12.7 Å². The highest BCUT2D eigenvalue weighted by atomic mass is 19.1. The van der Waals surface area contributed by atoms with Crippen LogP contribution < -0.4 is 4.74 Å². The minimum absolute atomic E-state index is 0.0458. The third-order valence-electron chi connectivity index (χ3n) is 3.36. The lowest BCUT2D eigenvalue weighted by molar-refractivity contribution is 0.0954. The van der Waals surface area contributed by atoms with Gasteiger partial charge in [0, 0.05) is 12.0 Å². The second-order valence-corrected chi connectivity index (χ2v) is 4.58. The number of carbonyl (C=O) groups excluding carboxylic acids is 1. The molecule has 0 saturated carbocycles. The maximum atomic E-state index is 13.2. The third kappa shape index (κ3) is 2.87. The number of ketones is 1. The largest absolute Gasteiger partial charge is 0.496 e. The first-order valence-corrected chi connectivity index (χ1v) is 6.60. The molecule has 0 aliphatic rings. The van der Waals surface area contributed by atoms with Crippen LogP contribution in [0.3, 0.4) is 0 Å². The van der Waals surface area contributed by atoms with E-state index >= 15 is 0 Å². The number of halogens is 1. The van der Waals surface area contributed by atoms with Gasteiger partial charge in [0.2, 0.25) is 0 Å². The van der Waals surface area contributed by atoms with E-state index in [2.05, 4.69) is 0 Å². The van der Waals surface area contributed by atoms with E-state index in [1.165, 1.54) is 25.3 Å². The molecule has 2 rings (SSSR count). The summed E-state index contributed by atoms with van der Waals surface area (Å²) in [7, 11) is 1.44. The summed E-state index contributed by atoms with van der Waals surface area (Å²) in [6, 6.07) is 13.6. The van der Waals surface area contributed by atoms with Crippen molar-refractivity contribution in [3.63, 3.8) is 0 Å². The lowest BCUT2D eigenvalue weighted by Gasteiger charge is -2.16. The molecule has 0 aliphatic heterocycles. The highest BCUT2D eigenvalue weighted by Gasteiger charge is 2.23. The molecule has 0 saturated heterocycles. The van der Waals surface area contributed by atoms with Gasteiger partial charge < -0.3 is 4.74 Å². The minimum atomic E-state index is -0.411. The number of carbonyl (C=O) groups is 1. The Labute approximate surface area is 118 Å². The van der Waals surface area contributed by atoms with E-state index in [1.54, 1.807) is 0 Å². The Morgan fingerprint density at radius 1 is 1.20 bits per heavy atom. The first-order chi connectivity index (χ1) is 9.67. The van der Waals surface area contributed by atoms with Gasteiger partial charge >= 0.3 is 0 Å². The van der Waals surface area contributed by atoms with E-state index in [9.17, 15) is 9.18 Å². The molecule has 1 unspecified atom stereocenters. The lowest BCUT2D eigenvalue weighted by Crippen LogP contribution is -2.13. The fraction of sp³-hybridized carbons (Fsp3) is 0.235. The van der Waals surface area contributed by atoms with Crippen LogP contribution in [0.4, 0.5) is 4.39 Å². The van der Waals surface area contributed by atoms with Crippen LogP contribution in [-0.2, 0) is 0 Å². The number of hydrogen-bond acceptors (Lipinski definition) is 2. The molecule has 20 heavy (non-hydrogen) atoms. The predicted molar refractivity (Wildman–Crippen MR) is 76.8 cm³/mol. The van der Waals surface area contributed by atoms with Crippen LogP contribution in [-0.4, -0.2) is 12.9 Å². The molecular formula is C17H17FO2.